The number of benzene rings is 1. The Morgan fingerprint density at radius 3 is 2.58 bits per heavy atom. The first-order valence-corrected chi connectivity index (χ1v) is 8.77. The highest BCUT2D eigenvalue weighted by Crippen LogP contribution is 2.22. The Kier molecular flexibility index (Phi) is 6.07. The Morgan fingerprint density at radius 1 is 1.17 bits per heavy atom. The monoisotopic (exact) mass is 333 g/mol. The first-order chi connectivity index (χ1) is 11.8. The molecule has 1 unspecified atom stereocenters. The van der Waals surface area contributed by atoms with E-state index < -0.39 is 6.04 Å². The van der Waals surface area contributed by atoms with E-state index in [9.17, 15) is 4.79 Å². The van der Waals surface area contributed by atoms with Gasteiger partial charge in [-0.3, -0.25) is 4.79 Å². The number of rotatable bonds is 5. The molecule has 2 aliphatic heterocycles. The predicted octanol–water partition coefficient (Wildman–Crippen LogP) is 0.893. The van der Waals surface area contributed by atoms with Crippen LogP contribution in [-0.2, 0) is 20.8 Å². The Labute approximate surface area is 143 Å². The van der Waals surface area contributed by atoms with Gasteiger partial charge in [-0.05, 0) is 30.4 Å². The highest BCUT2D eigenvalue weighted by Gasteiger charge is 2.26. The van der Waals surface area contributed by atoms with Crippen LogP contribution in [-0.4, -0.2) is 51.5 Å². The van der Waals surface area contributed by atoms with Crippen molar-refractivity contribution in [1.82, 2.24) is 5.32 Å². The molecule has 3 N–H and O–H groups in total. The van der Waals surface area contributed by atoms with E-state index in [0.29, 0.717) is 19.8 Å². The molecule has 1 amide bonds. The van der Waals surface area contributed by atoms with Gasteiger partial charge in [0.25, 0.3) is 0 Å². The molecule has 0 aromatic heterocycles. The quantitative estimate of drug-likeness (QED) is 0.837. The maximum atomic E-state index is 12.4. The number of hydrogen-bond acceptors (Lipinski definition) is 5. The molecule has 0 spiro atoms. The summed E-state index contributed by atoms with van der Waals surface area (Å²) in [4.78, 5) is 14.7. The molecular formula is C18H27N3O3. The van der Waals surface area contributed by atoms with Crippen molar-refractivity contribution in [1.29, 1.82) is 0 Å². The molecule has 6 nitrogen and oxygen atoms in total. The number of carbonyl (C=O) groups is 1. The SMILES string of the molecule is NC(C(=O)NCc1ccccc1N1CCOCC1)C1CCOCC1. The van der Waals surface area contributed by atoms with E-state index in [1.807, 2.05) is 12.1 Å². The summed E-state index contributed by atoms with van der Waals surface area (Å²) in [5, 5.41) is 3.01. The van der Waals surface area contributed by atoms with E-state index in [1.54, 1.807) is 0 Å². The third-order valence-electron chi connectivity index (χ3n) is 4.87. The van der Waals surface area contributed by atoms with Crippen molar-refractivity contribution in [3.05, 3.63) is 29.8 Å². The molecule has 0 bridgehead atoms. The van der Waals surface area contributed by atoms with Crippen molar-refractivity contribution >= 4 is 11.6 Å². The van der Waals surface area contributed by atoms with E-state index >= 15 is 0 Å². The van der Waals surface area contributed by atoms with Crippen LogP contribution in [0.4, 0.5) is 5.69 Å². The average molecular weight is 333 g/mol. The van der Waals surface area contributed by atoms with Gasteiger partial charge in [0.15, 0.2) is 0 Å². The minimum atomic E-state index is -0.454. The Balaban J connectivity index is 1.58. The van der Waals surface area contributed by atoms with Crippen LogP contribution in [0, 0.1) is 5.92 Å². The lowest BCUT2D eigenvalue weighted by Crippen LogP contribution is -2.47. The maximum Gasteiger partial charge on any atom is 0.237 e. The van der Waals surface area contributed by atoms with Gasteiger partial charge < -0.3 is 25.4 Å². The fraction of sp³-hybridized carbons (Fsp3) is 0.611. The number of nitrogens with two attached hydrogens (primary N) is 1. The molecule has 2 saturated heterocycles. The molecule has 1 atom stereocenters. The molecule has 1 aromatic rings. The van der Waals surface area contributed by atoms with Crippen LogP contribution in [0.15, 0.2) is 24.3 Å². The van der Waals surface area contributed by atoms with Crippen molar-refractivity contribution in [2.45, 2.75) is 25.4 Å². The molecule has 2 fully saturated rings. The minimum Gasteiger partial charge on any atom is -0.381 e. The van der Waals surface area contributed by atoms with Crippen LogP contribution in [0.5, 0.6) is 0 Å². The summed E-state index contributed by atoms with van der Waals surface area (Å²) < 4.78 is 10.8. The van der Waals surface area contributed by atoms with E-state index in [0.717, 1.165) is 44.7 Å². The average Bonchev–Trinajstić information content (AvgIpc) is 2.67. The number of hydrogen-bond donors (Lipinski definition) is 2. The zero-order chi connectivity index (χ0) is 16.8. The van der Waals surface area contributed by atoms with Gasteiger partial charge in [-0.2, -0.15) is 0 Å². The smallest absolute Gasteiger partial charge is 0.237 e. The summed E-state index contributed by atoms with van der Waals surface area (Å²) >= 11 is 0. The van der Waals surface area contributed by atoms with E-state index in [2.05, 4.69) is 22.3 Å². The van der Waals surface area contributed by atoms with Gasteiger partial charge in [0.2, 0.25) is 5.91 Å². The minimum absolute atomic E-state index is 0.0707. The number of nitrogens with zero attached hydrogens (tertiary/aromatic N) is 1. The van der Waals surface area contributed by atoms with E-state index in [-0.39, 0.29) is 11.8 Å². The fourth-order valence-electron chi connectivity index (χ4n) is 3.36. The first kappa shape index (κ1) is 17.2. The summed E-state index contributed by atoms with van der Waals surface area (Å²) in [6.07, 6.45) is 1.72. The second kappa shape index (κ2) is 8.46. The zero-order valence-corrected chi connectivity index (χ0v) is 14.1. The Bertz CT molecular complexity index is 540. The van der Waals surface area contributed by atoms with Gasteiger partial charge in [0.05, 0.1) is 19.3 Å². The largest absolute Gasteiger partial charge is 0.381 e. The molecule has 132 valence electrons. The molecule has 1 aromatic carbocycles. The van der Waals surface area contributed by atoms with Crippen molar-refractivity contribution in [3.8, 4) is 0 Å². The van der Waals surface area contributed by atoms with Crippen LogP contribution >= 0.6 is 0 Å². The van der Waals surface area contributed by atoms with Gasteiger partial charge in [-0.25, -0.2) is 0 Å². The normalized spacial score (nSPS) is 20.6. The summed E-state index contributed by atoms with van der Waals surface area (Å²) in [7, 11) is 0. The van der Waals surface area contributed by atoms with Crippen LogP contribution < -0.4 is 16.0 Å². The Morgan fingerprint density at radius 2 is 1.83 bits per heavy atom. The van der Waals surface area contributed by atoms with Gasteiger partial charge in [-0.15, -0.1) is 0 Å². The van der Waals surface area contributed by atoms with Gasteiger partial charge in [0, 0.05) is 38.5 Å². The van der Waals surface area contributed by atoms with E-state index in [4.69, 9.17) is 15.2 Å². The van der Waals surface area contributed by atoms with E-state index in [1.165, 1.54) is 5.69 Å². The second-order valence-corrected chi connectivity index (χ2v) is 6.42. The zero-order valence-electron chi connectivity index (χ0n) is 14.1. The van der Waals surface area contributed by atoms with Crippen LogP contribution in [0.25, 0.3) is 0 Å². The molecule has 6 heteroatoms. The second-order valence-electron chi connectivity index (χ2n) is 6.42. The lowest BCUT2D eigenvalue weighted by Gasteiger charge is -2.31. The number of anilines is 1. The highest BCUT2D eigenvalue weighted by molar-refractivity contribution is 5.82. The number of carbonyl (C=O) groups excluding carboxylic acids is 1. The van der Waals surface area contributed by atoms with Gasteiger partial charge in [-0.1, -0.05) is 18.2 Å². The Hall–Kier alpha value is -1.63. The topological polar surface area (TPSA) is 76.8 Å². The standard InChI is InChI=1S/C18H27N3O3/c19-17(14-5-9-23-10-6-14)18(22)20-13-15-3-1-2-4-16(15)21-7-11-24-12-8-21/h1-4,14,17H,5-13,19H2,(H,20,22). The molecule has 3 rings (SSSR count). The molecule has 0 aliphatic carbocycles. The predicted molar refractivity (Wildman–Crippen MR) is 92.8 cm³/mol. The van der Waals surface area contributed by atoms with Gasteiger partial charge in [0.1, 0.15) is 0 Å². The van der Waals surface area contributed by atoms with Gasteiger partial charge >= 0.3 is 0 Å². The molecular weight excluding hydrogens is 306 g/mol. The lowest BCUT2D eigenvalue weighted by atomic mass is 9.92. The number of amides is 1. The third-order valence-corrected chi connectivity index (χ3v) is 4.87. The summed E-state index contributed by atoms with van der Waals surface area (Å²) in [5.41, 5.74) is 8.43. The molecule has 2 heterocycles. The van der Waals surface area contributed by atoms with Crippen LogP contribution in [0.3, 0.4) is 0 Å². The number of nitrogens with one attached hydrogen (secondary N) is 1. The van der Waals surface area contributed by atoms with Crippen LogP contribution in [0.2, 0.25) is 0 Å². The maximum absolute atomic E-state index is 12.4. The molecule has 2 aliphatic rings. The molecule has 0 saturated carbocycles. The molecule has 0 radical (unpaired) electrons. The highest BCUT2D eigenvalue weighted by atomic mass is 16.5. The third kappa shape index (κ3) is 4.26. The number of ether oxygens (including phenoxy) is 2. The van der Waals surface area contributed by atoms with Crippen LogP contribution in [0.1, 0.15) is 18.4 Å². The summed E-state index contributed by atoms with van der Waals surface area (Å²) in [6.45, 7) is 5.16. The first-order valence-electron chi connectivity index (χ1n) is 8.77. The van der Waals surface area contributed by atoms with Crippen molar-refractivity contribution in [2.75, 3.05) is 44.4 Å². The van der Waals surface area contributed by atoms with Crippen molar-refractivity contribution in [3.63, 3.8) is 0 Å². The fourth-order valence-corrected chi connectivity index (χ4v) is 3.36. The molecule has 24 heavy (non-hydrogen) atoms. The lowest BCUT2D eigenvalue weighted by molar-refractivity contribution is -0.124. The summed E-state index contributed by atoms with van der Waals surface area (Å²) in [5.74, 6) is 0.145. The van der Waals surface area contributed by atoms with Crippen molar-refractivity contribution in [2.24, 2.45) is 11.7 Å². The summed E-state index contributed by atoms with van der Waals surface area (Å²) in [6, 6.07) is 7.74. The number of morpholine rings is 1. The number of para-hydroxylation sites is 1. The van der Waals surface area contributed by atoms with Crippen molar-refractivity contribution < 1.29 is 14.3 Å².